The molecule has 33 heavy (non-hydrogen) atoms. The average molecular weight is 468 g/mol. The molecule has 1 aromatic heterocycles. The van der Waals surface area contributed by atoms with Crippen LogP contribution in [0.4, 0.5) is 0 Å². The van der Waals surface area contributed by atoms with Gasteiger partial charge in [0, 0.05) is 36.6 Å². The zero-order chi connectivity index (χ0) is 23.4. The Bertz CT molecular complexity index is 1310. The van der Waals surface area contributed by atoms with Crippen LogP contribution in [0.3, 0.4) is 0 Å². The standard InChI is InChI=1S/C25H29N3O4S/c1-18-6-8-19(9-7-18)12-13-26-25(30)22-17-24(29)27-23-11-10-20(16-21(22)23)33(31,32)28-14-4-2-3-5-15-28/h6-11,16-17H,2-5,12-15H2,1H3,(H,26,30)(H,27,29). The number of fused-ring (bicyclic) bond motifs is 1. The Hall–Kier alpha value is -2.97. The molecule has 0 atom stereocenters. The lowest BCUT2D eigenvalue weighted by Crippen LogP contribution is -2.32. The highest BCUT2D eigenvalue weighted by Crippen LogP contribution is 2.25. The predicted octanol–water partition coefficient (Wildman–Crippen LogP) is 3.37. The van der Waals surface area contributed by atoms with E-state index in [2.05, 4.69) is 10.3 Å². The molecule has 1 amide bonds. The minimum atomic E-state index is -3.68. The minimum absolute atomic E-state index is 0.137. The van der Waals surface area contributed by atoms with E-state index in [1.165, 1.54) is 28.1 Å². The number of nitrogens with zero attached hydrogens (tertiary/aromatic N) is 1. The van der Waals surface area contributed by atoms with Gasteiger partial charge in [0.1, 0.15) is 0 Å². The zero-order valence-electron chi connectivity index (χ0n) is 18.8. The lowest BCUT2D eigenvalue weighted by Gasteiger charge is -2.20. The minimum Gasteiger partial charge on any atom is -0.352 e. The van der Waals surface area contributed by atoms with E-state index in [9.17, 15) is 18.0 Å². The van der Waals surface area contributed by atoms with E-state index in [1.54, 1.807) is 6.07 Å². The summed E-state index contributed by atoms with van der Waals surface area (Å²) in [5, 5.41) is 3.27. The molecule has 174 valence electrons. The summed E-state index contributed by atoms with van der Waals surface area (Å²) in [5.74, 6) is -0.400. The van der Waals surface area contributed by atoms with E-state index in [0.29, 0.717) is 37.0 Å². The largest absolute Gasteiger partial charge is 0.352 e. The van der Waals surface area contributed by atoms with Crippen LogP contribution in [0.1, 0.15) is 47.2 Å². The van der Waals surface area contributed by atoms with Gasteiger partial charge in [-0.05, 0) is 49.9 Å². The Morgan fingerprint density at radius 3 is 2.39 bits per heavy atom. The van der Waals surface area contributed by atoms with Crippen molar-refractivity contribution >= 4 is 26.8 Å². The first-order chi connectivity index (χ1) is 15.8. The number of aryl methyl sites for hydroxylation is 1. The van der Waals surface area contributed by atoms with Gasteiger partial charge in [-0.1, -0.05) is 42.7 Å². The second-order valence-corrected chi connectivity index (χ2v) is 10.5. The SMILES string of the molecule is Cc1ccc(CCNC(=O)c2cc(=O)[nH]c3ccc(S(=O)(=O)N4CCCCCC4)cc23)cc1. The summed E-state index contributed by atoms with van der Waals surface area (Å²) in [4.78, 5) is 27.9. The number of carbonyl (C=O) groups excluding carboxylic acids is 1. The number of benzene rings is 2. The molecule has 0 radical (unpaired) electrons. The summed E-state index contributed by atoms with van der Waals surface area (Å²) < 4.78 is 28.0. The fourth-order valence-corrected chi connectivity index (χ4v) is 5.73. The molecule has 1 aliphatic heterocycles. The summed E-state index contributed by atoms with van der Waals surface area (Å²) in [6, 6.07) is 13.9. The second kappa shape index (κ2) is 9.89. The molecule has 0 aliphatic carbocycles. The lowest BCUT2D eigenvalue weighted by atomic mass is 10.1. The number of H-pyrrole nitrogens is 1. The smallest absolute Gasteiger partial charge is 0.252 e. The molecule has 4 rings (SSSR count). The molecule has 1 saturated heterocycles. The van der Waals surface area contributed by atoms with Gasteiger partial charge in [0.15, 0.2) is 0 Å². The van der Waals surface area contributed by atoms with Crippen LogP contribution in [0, 0.1) is 6.92 Å². The molecule has 1 fully saturated rings. The Morgan fingerprint density at radius 1 is 1.00 bits per heavy atom. The predicted molar refractivity (Wildman–Crippen MR) is 129 cm³/mol. The normalized spacial score (nSPS) is 15.3. The summed E-state index contributed by atoms with van der Waals surface area (Å²) in [6.07, 6.45) is 4.39. The Balaban J connectivity index is 1.60. The number of rotatable bonds is 6. The van der Waals surface area contributed by atoms with Gasteiger partial charge in [-0.25, -0.2) is 8.42 Å². The third-order valence-electron chi connectivity index (χ3n) is 6.08. The van der Waals surface area contributed by atoms with Crippen LogP contribution < -0.4 is 10.9 Å². The van der Waals surface area contributed by atoms with Gasteiger partial charge in [-0.3, -0.25) is 9.59 Å². The molecule has 1 aliphatic rings. The molecular weight excluding hydrogens is 438 g/mol. The maximum Gasteiger partial charge on any atom is 0.252 e. The first-order valence-electron chi connectivity index (χ1n) is 11.4. The summed E-state index contributed by atoms with van der Waals surface area (Å²) >= 11 is 0. The first kappa shape index (κ1) is 23.2. The van der Waals surface area contributed by atoms with Gasteiger partial charge < -0.3 is 10.3 Å². The van der Waals surface area contributed by atoms with Crippen LogP contribution in [0.15, 0.2) is 58.2 Å². The van der Waals surface area contributed by atoms with Crippen LogP contribution in [0.2, 0.25) is 0 Å². The van der Waals surface area contributed by atoms with Gasteiger partial charge in [0.05, 0.1) is 10.5 Å². The maximum atomic E-state index is 13.2. The molecule has 7 nitrogen and oxygen atoms in total. The molecule has 2 aromatic carbocycles. The van der Waals surface area contributed by atoms with Crippen molar-refractivity contribution in [2.45, 2.75) is 43.9 Å². The number of hydrogen-bond acceptors (Lipinski definition) is 4. The second-order valence-electron chi connectivity index (χ2n) is 8.56. The van der Waals surface area contributed by atoms with Gasteiger partial charge in [0.25, 0.3) is 5.91 Å². The molecule has 2 heterocycles. The zero-order valence-corrected chi connectivity index (χ0v) is 19.6. The topological polar surface area (TPSA) is 99.3 Å². The van der Waals surface area contributed by atoms with Crippen molar-refractivity contribution in [3.8, 4) is 0 Å². The molecule has 0 unspecified atom stereocenters. The number of pyridine rings is 1. The molecular formula is C25H29N3O4S. The Morgan fingerprint density at radius 2 is 1.70 bits per heavy atom. The Kier molecular flexibility index (Phi) is 6.95. The van der Waals surface area contributed by atoms with E-state index >= 15 is 0 Å². The third-order valence-corrected chi connectivity index (χ3v) is 7.98. The fourth-order valence-electron chi connectivity index (χ4n) is 4.18. The van der Waals surface area contributed by atoms with Crippen LogP contribution in [-0.2, 0) is 16.4 Å². The van der Waals surface area contributed by atoms with E-state index in [-0.39, 0.29) is 10.5 Å². The van der Waals surface area contributed by atoms with Gasteiger partial charge >= 0.3 is 0 Å². The van der Waals surface area contributed by atoms with Crippen molar-refractivity contribution < 1.29 is 13.2 Å². The molecule has 2 N–H and O–H groups in total. The van der Waals surface area contributed by atoms with Crippen molar-refractivity contribution in [2.75, 3.05) is 19.6 Å². The average Bonchev–Trinajstić information content (AvgIpc) is 3.09. The van der Waals surface area contributed by atoms with Crippen molar-refractivity contribution in [2.24, 2.45) is 0 Å². The van der Waals surface area contributed by atoms with Crippen LogP contribution in [0.25, 0.3) is 10.9 Å². The summed E-state index contributed by atoms with van der Waals surface area (Å²) in [7, 11) is -3.68. The molecule has 0 bridgehead atoms. The molecule has 8 heteroatoms. The molecule has 3 aromatic rings. The quantitative estimate of drug-likeness (QED) is 0.581. The van der Waals surface area contributed by atoms with Gasteiger partial charge in [-0.15, -0.1) is 0 Å². The van der Waals surface area contributed by atoms with Crippen LogP contribution >= 0.6 is 0 Å². The summed E-state index contributed by atoms with van der Waals surface area (Å²) in [5.41, 5.74) is 2.46. The summed E-state index contributed by atoms with van der Waals surface area (Å²) in [6.45, 7) is 3.42. The number of carbonyl (C=O) groups is 1. The van der Waals surface area contributed by atoms with Crippen molar-refractivity contribution in [3.05, 3.63) is 75.6 Å². The first-order valence-corrected chi connectivity index (χ1v) is 12.8. The number of amides is 1. The third kappa shape index (κ3) is 5.34. The fraction of sp³-hybridized carbons (Fsp3) is 0.360. The number of nitrogens with one attached hydrogen (secondary N) is 2. The number of aromatic nitrogens is 1. The van der Waals surface area contributed by atoms with Crippen molar-refractivity contribution in [1.29, 1.82) is 0 Å². The monoisotopic (exact) mass is 467 g/mol. The van der Waals surface area contributed by atoms with E-state index in [1.807, 2.05) is 31.2 Å². The van der Waals surface area contributed by atoms with Gasteiger partial charge in [0.2, 0.25) is 15.6 Å². The van der Waals surface area contributed by atoms with E-state index < -0.39 is 21.5 Å². The Labute approximate surface area is 193 Å². The highest BCUT2D eigenvalue weighted by Gasteiger charge is 2.26. The number of sulfonamides is 1. The highest BCUT2D eigenvalue weighted by atomic mass is 32.2. The molecule has 0 spiro atoms. The maximum absolute atomic E-state index is 13.2. The van der Waals surface area contributed by atoms with Crippen LogP contribution in [0.5, 0.6) is 0 Å². The highest BCUT2D eigenvalue weighted by molar-refractivity contribution is 7.89. The van der Waals surface area contributed by atoms with Crippen molar-refractivity contribution in [1.82, 2.24) is 14.6 Å². The number of hydrogen-bond donors (Lipinski definition) is 2. The lowest BCUT2D eigenvalue weighted by molar-refractivity contribution is 0.0955. The molecule has 0 saturated carbocycles. The van der Waals surface area contributed by atoms with Gasteiger partial charge in [-0.2, -0.15) is 4.31 Å². The van der Waals surface area contributed by atoms with E-state index in [0.717, 1.165) is 31.2 Å². The number of aromatic amines is 1. The van der Waals surface area contributed by atoms with Crippen LogP contribution in [-0.4, -0.2) is 43.2 Å². The van der Waals surface area contributed by atoms with Crippen molar-refractivity contribution in [3.63, 3.8) is 0 Å². The van der Waals surface area contributed by atoms with E-state index in [4.69, 9.17) is 0 Å².